The van der Waals surface area contributed by atoms with Crippen LogP contribution in [0.1, 0.15) is 36.2 Å². The summed E-state index contributed by atoms with van der Waals surface area (Å²) in [5.41, 5.74) is 0.404. The van der Waals surface area contributed by atoms with Crippen molar-refractivity contribution in [1.29, 1.82) is 0 Å². The van der Waals surface area contributed by atoms with Gasteiger partial charge < -0.3 is 15.5 Å². The SMILES string of the molecule is O=C(NCC1CCCNC1)c1ccc(N2CCCC2)nn1. The molecule has 2 saturated heterocycles. The third-order valence-corrected chi connectivity index (χ3v) is 4.26. The fourth-order valence-electron chi connectivity index (χ4n) is 2.99. The Morgan fingerprint density at radius 2 is 2.14 bits per heavy atom. The molecule has 3 heterocycles. The molecule has 21 heavy (non-hydrogen) atoms. The summed E-state index contributed by atoms with van der Waals surface area (Å²) in [6, 6.07) is 3.67. The van der Waals surface area contributed by atoms with Gasteiger partial charge in [-0.25, -0.2) is 0 Å². The normalized spacial score (nSPS) is 22.3. The highest BCUT2D eigenvalue weighted by atomic mass is 16.1. The fourth-order valence-corrected chi connectivity index (χ4v) is 2.99. The number of anilines is 1. The standard InChI is InChI=1S/C15H23N5O/c21-15(17-11-12-4-3-7-16-10-12)13-5-6-14(19-18-13)20-8-1-2-9-20/h5-6,12,16H,1-4,7-11H2,(H,17,21). The molecule has 1 aromatic rings. The molecule has 2 aliphatic heterocycles. The molecule has 0 bridgehead atoms. The Balaban J connectivity index is 1.52. The van der Waals surface area contributed by atoms with Gasteiger partial charge in [0.1, 0.15) is 0 Å². The number of aromatic nitrogens is 2. The van der Waals surface area contributed by atoms with Crippen LogP contribution in [0.3, 0.4) is 0 Å². The molecule has 0 aliphatic carbocycles. The van der Waals surface area contributed by atoms with Crippen molar-refractivity contribution in [2.24, 2.45) is 5.92 Å². The van der Waals surface area contributed by atoms with Gasteiger partial charge in [-0.2, -0.15) is 0 Å². The predicted octanol–water partition coefficient (Wildman–Crippen LogP) is 0.806. The van der Waals surface area contributed by atoms with Crippen LogP contribution in [0.4, 0.5) is 5.82 Å². The number of piperidine rings is 1. The van der Waals surface area contributed by atoms with Gasteiger partial charge in [0.2, 0.25) is 0 Å². The van der Waals surface area contributed by atoms with Crippen LogP contribution in [-0.2, 0) is 0 Å². The van der Waals surface area contributed by atoms with E-state index in [1.165, 1.54) is 25.7 Å². The van der Waals surface area contributed by atoms with Crippen LogP contribution in [0.15, 0.2) is 12.1 Å². The smallest absolute Gasteiger partial charge is 0.271 e. The number of hydrogen-bond donors (Lipinski definition) is 2. The van der Waals surface area contributed by atoms with Crippen LogP contribution < -0.4 is 15.5 Å². The minimum Gasteiger partial charge on any atom is -0.355 e. The number of hydrogen-bond acceptors (Lipinski definition) is 5. The molecule has 2 aliphatic rings. The van der Waals surface area contributed by atoms with Gasteiger partial charge in [0.25, 0.3) is 5.91 Å². The van der Waals surface area contributed by atoms with Crippen molar-refractivity contribution in [1.82, 2.24) is 20.8 Å². The van der Waals surface area contributed by atoms with E-state index in [4.69, 9.17) is 0 Å². The summed E-state index contributed by atoms with van der Waals surface area (Å²) in [7, 11) is 0. The summed E-state index contributed by atoms with van der Waals surface area (Å²) in [6.45, 7) is 4.86. The lowest BCUT2D eigenvalue weighted by Gasteiger charge is -2.22. The van der Waals surface area contributed by atoms with Gasteiger partial charge in [0.15, 0.2) is 11.5 Å². The van der Waals surface area contributed by atoms with Crippen LogP contribution in [0.25, 0.3) is 0 Å². The van der Waals surface area contributed by atoms with Gasteiger partial charge in [-0.15, -0.1) is 10.2 Å². The molecule has 114 valence electrons. The molecule has 1 aromatic heterocycles. The maximum atomic E-state index is 12.1. The van der Waals surface area contributed by atoms with Crippen molar-refractivity contribution < 1.29 is 4.79 Å². The number of nitrogens with one attached hydrogen (secondary N) is 2. The van der Waals surface area contributed by atoms with E-state index in [0.29, 0.717) is 18.2 Å². The van der Waals surface area contributed by atoms with Crippen molar-refractivity contribution >= 4 is 11.7 Å². The van der Waals surface area contributed by atoms with E-state index >= 15 is 0 Å². The molecule has 3 rings (SSSR count). The number of rotatable bonds is 4. The van der Waals surface area contributed by atoms with E-state index in [1.807, 2.05) is 6.07 Å². The zero-order valence-electron chi connectivity index (χ0n) is 12.3. The van der Waals surface area contributed by atoms with E-state index in [-0.39, 0.29) is 5.91 Å². The lowest BCUT2D eigenvalue weighted by atomic mass is 10.00. The maximum Gasteiger partial charge on any atom is 0.271 e. The molecule has 0 radical (unpaired) electrons. The molecular weight excluding hydrogens is 266 g/mol. The minimum atomic E-state index is -0.124. The second kappa shape index (κ2) is 6.85. The molecule has 1 unspecified atom stereocenters. The Morgan fingerprint density at radius 3 is 2.81 bits per heavy atom. The molecule has 1 amide bonds. The predicted molar refractivity (Wildman–Crippen MR) is 81.4 cm³/mol. The van der Waals surface area contributed by atoms with Crippen molar-refractivity contribution in [3.63, 3.8) is 0 Å². The molecule has 0 spiro atoms. The zero-order chi connectivity index (χ0) is 14.5. The third kappa shape index (κ3) is 3.69. The lowest BCUT2D eigenvalue weighted by Crippen LogP contribution is -2.38. The summed E-state index contributed by atoms with van der Waals surface area (Å²) in [5.74, 6) is 1.28. The third-order valence-electron chi connectivity index (χ3n) is 4.26. The average molecular weight is 289 g/mol. The highest BCUT2D eigenvalue weighted by molar-refractivity contribution is 5.92. The van der Waals surface area contributed by atoms with Crippen LogP contribution in [-0.4, -0.2) is 48.8 Å². The van der Waals surface area contributed by atoms with Crippen molar-refractivity contribution in [3.05, 3.63) is 17.8 Å². The van der Waals surface area contributed by atoms with E-state index in [0.717, 1.165) is 32.0 Å². The van der Waals surface area contributed by atoms with E-state index < -0.39 is 0 Å². The van der Waals surface area contributed by atoms with Gasteiger partial charge in [-0.05, 0) is 56.8 Å². The number of carbonyl (C=O) groups is 1. The van der Waals surface area contributed by atoms with E-state index in [2.05, 4.69) is 25.7 Å². The molecule has 0 saturated carbocycles. The van der Waals surface area contributed by atoms with Crippen molar-refractivity contribution in [2.45, 2.75) is 25.7 Å². The minimum absolute atomic E-state index is 0.124. The first kappa shape index (κ1) is 14.3. The number of amides is 1. The first-order chi connectivity index (χ1) is 10.3. The van der Waals surface area contributed by atoms with Gasteiger partial charge in [0.05, 0.1) is 0 Å². The molecule has 0 aromatic carbocycles. The Hall–Kier alpha value is -1.69. The monoisotopic (exact) mass is 289 g/mol. The van der Waals surface area contributed by atoms with Crippen LogP contribution in [0.5, 0.6) is 0 Å². The summed E-state index contributed by atoms with van der Waals surface area (Å²) >= 11 is 0. The van der Waals surface area contributed by atoms with Gasteiger partial charge in [0, 0.05) is 19.6 Å². The fraction of sp³-hybridized carbons (Fsp3) is 0.667. The van der Waals surface area contributed by atoms with Crippen LogP contribution >= 0.6 is 0 Å². The van der Waals surface area contributed by atoms with Crippen LogP contribution in [0, 0.1) is 5.92 Å². The van der Waals surface area contributed by atoms with Gasteiger partial charge in [-0.1, -0.05) is 0 Å². The Morgan fingerprint density at radius 1 is 1.29 bits per heavy atom. The largest absolute Gasteiger partial charge is 0.355 e. The highest BCUT2D eigenvalue weighted by Gasteiger charge is 2.17. The molecule has 2 fully saturated rings. The Labute approximate surface area is 125 Å². The van der Waals surface area contributed by atoms with Gasteiger partial charge >= 0.3 is 0 Å². The van der Waals surface area contributed by atoms with E-state index in [1.54, 1.807) is 6.07 Å². The summed E-state index contributed by atoms with van der Waals surface area (Å²) in [4.78, 5) is 14.3. The van der Waals surface area contributed by atoms with Crippen molar-refractivity contribution in [2.75, 3.05) is 37.6 Å². The summed E-state index contributed by atoms with van der Waals surface area (Å²) in [6.07, 6.45) is 4.77. The molecular formula is C15H23N5O. The zero-order valence-corrected chi connectivity index (χ0v) is 12.3. The summed E-state index contributed by atoms with van der Waals surface area (Å²) in [5, 5.41) is 14.6. The Kier molecular flexibility index (Phi) is 4.65. The van der Waals surface area contributed by atoms with E-state index in [9.17, 15) is 4.79 Å². The highest BCUT2D eigenvalue weighted by Crippen LogP contribution is 2.16. The van der Waals surface area contributed by atoms with Gasteiger partial charge in [-0.3, -0.25) is 4.79 Å². The molecule has 6 heteroatoms. The molecule has 2 N–H and O–H groups in total. The maximum absolute atomic E-state index is 12.1. The number of nitrogens with zero attached hydrogens (tertiary/aromatic N) is 3. The molecule has 6 nitrogen and oxygen atoms in total. The first-order valence-electron chi connectivity index (χ1n) is 7.90. The number of carbonyl (C=O) groups excluding carboxylic acids is 1. The second-order valence-corrected chi connectivity index (χ2v) is 5.89. The Bertz CT molecular complexity index is 463. The second-order valence-electron chi connectivity index (χ2n) is 5.89. The topological polar surface area (TPSA) is 70.2 Å². The quantitative estimate of drug-likeness (QED) is 0.858. The molecule has 1 atom stereocenters. The summed E-state index contributed by atoms with van der Waals surface area (Å²) < 4.78 is 0. The lowest BCUT2D eigenvalue weighted by molar-refractivity contribution is 0.0939. The van der Waals surface area contributed by atoms with Crippen LogP contribution in [0.2, 0.25) is 0 Å². The van der Waals surface area contributed by atoms with Crippen molar-refractivity contribution in [3.8, 4) is 0 Å². The average Bonchev–Trinajstić information content (AvgIpc) is 3.08. The first-order valence-corrected chi connectivity index (χ1v) is 7.90.